The number of hydrogen-bond acceptors (Lipinski definition) is 5. The van der Waals surface area contributed by atoms with E-state index in [1.165, 1.54) is 12.8 Å². The van der Waals surface area contributed by atoms with Crippen LogP contribution in [0.4, 0.5) is 5.82 Å². The Morgan fingerprint density at radius 2 is 2.20 bits per heavy atom. The molecule has 108 valence electrons. The van der Waals surface area contributed by atoms with Crippen LogP contribution in [-0.4, -0.2) is 56.9 Å². The summed E-state index contributed by atoms with van der Waals surface area (Å²) in [6, 6.07) is 3.82. The van der Waals surface area contributed by atoms with Gasteiger partial charge in [-0.1, -0.05) is 0 Å². The second-order valence-corrected chi connectivity index (χ2v) is 5.43. The predicted molar refractivity (Wildman–Crippen MR) is 77.9 cm³/mol. The van der Waals surface area contributed by atoms with Crippen molar-refractivity contribution < 1.29 is 5.11 Å². The second-order valence-electron chi connectivity index (χ2n) is 5.43. The summed E-state index contributed by atoms with van der Waals surface area (Å²) in [7, 11) is 0. The number of aliphatic hydroxyl groups excluding tert-OH is 1. The van der Waals surface area contributed by atoms with Crippen LogP contribution in [-0.2, 0) is 0 Å². The number of hydrogen-bond donors (Lipinski definition) is 2. The molecular weight excluding hydrogens is 254 g/mol. The van der Waals surface area contributed by atoms with Gasteiger partial charge in [0.15, 0.2) is 5.65 Å². The molecule has 1 aliphatic heterocycles. The van der Waals surface area contributed by atoms with Gasteiger partial charge in [0.05, 0.1) is 12.3 Å². The lowest BCUT2D eigenvalue weighted by molar-refractivity contribution is 0.135. The van der Waals surface area contributed by atoms with Crippen LogP contribution in [0.2, 0.25) is 0 Å². The van der Waals surface area contributed by atoms with Gasteiger partial charge in [0.1, 0.15) is 5.82 Å². The number of β-amino-alcohol motifs (C(OH)–C–C–N with tert-alkyl or cyclic N) is 1. The molecule has 6 heteroatoms. The Balaban J connectivity index is 1.62. The van der Waals surface area contributed by atoms with Gasteiger partial charge in [-0.15, -0.1) is 0 Å². The summed E-state index contributed by atoms with van der Waals surface area (Å²) in [5, 5.41) is 17.6. The average molecular weight is 275 g/mol. The van der Waals surface area contributed by atoms with Crippen LogP contribution in [0, 0.1) is 6.92 Å². The summed E-state index contributed by atoms with van der Waals surface area (Å²) in [6.45, 7) is 5.43. The smallest absolute Gasteiger partial charge is 0.157 e. The maximum atomic E-state index is 10.1. The summed E-state index contributed by atoms with van der Waals surface area (Å²) in [6.07, 6.45) is 3.86. The van der Waals surface area contributed by atoms with Gasteiger partial charge in [-0.05, 0) is 32.9 Å². The zero-order chi connectivity index (χ0) is 13.9. The third-order valence-electron chi connectivity index (χ3n) is 3.67. The summed E-state index contributed by atoms with van der Waals surface area (Å²) in [5.41, 5.74) is 1.76. The molecule has 6 nitrogen and oxygen atoms in total. The summed E-state index contributed by atoms with van der Waals surface area (Å²) < 4.78 is 1.76. The molecule has 20 heavy (non-hydrogen) atoms. The highest BCUT2D eigenvalue weighted by molar-refractivity contribution is 5.48. The normalized spacial score (nSPS) is 17.7. The van der Waals surface area contributed by atoms with E-state index in [1.807, 2.05) is 19.1 Å². The molecule has 2 aromatic rings. The largest absolute Gasteiger partial charge is 0.390 e. The van der Waals surface area contributed by atoms with Crippen molar-refractivity contribution in [3.63, 3.8) is 0 Å². The van der Waals surface area contributed by atoms with Crippen LogP contribution < -0.4 is 5.32 Å². The van der Waals surface area contributed by atoms with Crippen molar-refractivity contribution in [1.29, 1.82) is 0 Å². The van der Waals surface area contributed by atoms with E-state index in [9.17, 15) is 5.11 Å². The van der Waals surface area contributed by atoms with E-state index in [0.717, 1.165) is 36.8 Å². The molecule has 0 aromatic carbocycles. The average Bonchev–Trinajstić information content (AvgIpc) is 3.06. The van der Waals surface area contributed by atoms with Gasteiger partial charge >= 0.3 is 0 Å². The predicted octanol–water partition coefficient (Wildman–Crippen LogP) is 0.906. The van der Waals surface area contributed by atoms with Crippen molar-refractivity contribution >= 4 is 11.5 Å². The van der Waals surface area contributed by atoms with E-state index >= 15 is 0 Å². The Morgan fingerprint density at radius 1 is 1.40 bits per heavy atom. The number of rotatable bonds is 5. The van der Waals surface area contributed by atoms with Gasteiger partial charge in [0.2, 0.25) is 0 Å². The highest BCUT2D eigenvalue weighted by Gasteiger charge is 2.16. The van der Waals surface area contributed by atoms with Crippen molar-refractivity contribution in [2.75, 3.05) is 31.5 Å². The van der Waals surface area contributed by atoms with Gasteiger partial charge in [-0.2, -0.15) is 9.61 Å². The fraction of sp³-hybridized carbons (Fsp3) is 0.571. The second kappa shape index (κ2) is 5.76. The molecule has 2 aromatic heterocycles. The quantitative estimate of drug-likeness (QED) is 0.849. The zero-order valence-corrected chi connectivity index (χ0v) is 11.8. The monoisotopic (exact) mass is 275 g/mol. The van der Waals surface area contributed by atoms with Gasteiger partial charge in [-0.25, -0.2) is 4.98 Å². The minimum atomic E-state index is -0.368. The number of aryl methyl sites for hydroxylation is 1. The summed E-state index contributed by atoms with van der Waals surface area (Å²) in [5.74, 6) is 0.873. The fourth-order valence-corrected chi connectivity index (χ4v) is 2.71. The number of nitrogens with zero attached hydrogens (tertiary/aromatic N) is 4. The number of fused-ring (bicyclic) bond motifs is 1. The maximum absolute atomic E-state index is 10.1. The highest BCUT2D eigenvalue weighted by atomic mass is 16.3. The lowest BCUT2D eigenvalue weighted by atomic mass is 10.3. The Labute approximate surface area is 118 Å². The molecule has 0 saturated carbocycles. The molecule has 1 atom stereocenters. The zero-order valence-electron chi connectivity index (χ0n) is 11.8. The van der Waals surface area contributed by atoms with Crippen LogP contribution in [0.5, 0.6) is 0 Å². The molecule has 1 saturated heterocycles. The molecule has 2 N–H and O–H groups in total. The van der Waals surface area contributed by atoms with Crippen LogP contribution in [0.25, 0.3) is 5.65 Å². The molecule has 3 rings (SSSR count). The molecule has 0 bridgehead atoms. The minimum Gasteiger partial charge on any atom is -0.390 e. The van der Waals surface area contributed by atoms with Gasteiger partial charge in [0.25, 0.3) is 0 Å². The van der Waals surface area contributed by atoms with Gasteiger partial charge in [0, 0.05) is 30.9 Å². The van der Waals surface area contributed by atoms with Crippen LogP contribution >= 0.6 is 0 Å². The molecule has 1 aliphatic rings. The standard InChI is InChI=1S/C14H21N5O/c1-11-8-14(19-13(17-11)4-5-16-19)15-9-12(20)10-18-6-2-3-7-18/h4-5,8,12,15,20H,2-3,6-7,9-10H2,1H3/t12-/m1/s1. The van der Waals surface area contributed by atoms with Crippen LogP contribution in [0.3, 0.4) is 0 Å². The molecule has 0 amide bonds. The van der Waals surface area contributed by atoms with E-state index in [2.05, 4.69) is 20.3 Å². The van der Waals surface area contributed by atoms with E-state index in [1.54, 1.807) is 10.7 Å². The minimum absolute atomic E-state index is 0.368. The SMILES string of the molecule is Cc1cc(NC[C@@H](O)CN2CCCC2)n2nccc2n1. The third kappa shape index (κ3) is 2.91. The van der Waals surface area contributed by atoms with E-state index < -0.39 is 0 Å². The molecule has 0 unspecified atom stereocenters. The Hall–Kier alpha value is -1.66. The molecule has 0 aliphatic carbocycles. The number of anilines is 1. The van der Waals surface area contributed by atoms with E-state index in [-0.39, 0.29) is 6.10 Å². The van der Waals surface area contributed by atoms with Crippen LogP contribution in [0.15, 0.2) is 18.3 Å². The lowest BCUT2D eigenvalue weighted by Crippen LogP contribution is -2.34. The topological polar surface area (TPSA) is 65.7 Å². The summed E-state index contributed by atoms with van der Waals surface area (Å²) >= 11 is 0. The number of likely N-dealkylation sites (tertiary alicyclic amines) is 1. The molecule has 0 spiro atoms. The van der Waals surface area contributed by atoms with Crippen molar-refractivity contribution in [1.82, 2.24) is 19.5 Å². The molecule has 3 heterocycles. The maximum Gasteiger partial charge on any atom is 0.157 e. The number of aliphatic hydroxyl groups is 1. The Morgan fingerprint density at radius 3 is 3.00 bits per heavy atom. The van der Waals surface area contributed by atoms with Gasteiger partial charge in [-0.3, -0.25) is 0 Å². The Bertz CT molecular complexity index is 576. The van der Waals surface area contributed by atoms with Crippen molar-refractivity contribution in [3.05, 3.63) is 24.0 Å². The molecule has 1 fully saturated rings. The molecular formula is C14H21N5O. The summed E-state index contributed by atoms with van der Waals surface area (Å²) in [4.78, 5) is 6.71. The Kier molecular flexibility index (Phi) is 3.84. The first-order valence-electron chi connectivity index (χ1n) is 7.18. The van der Waals surface area contributed by atoms with Crippen molar-refractivity contribution in [3.8, 4) is 0 Å². The molecule has 0 radical (unpaired) electrons. The fourth-order valence-electron chi connectivity index (χ4n) is 2.71. The third-order valence-corrected chi connectivity index (χ3v) is 3.67. The van der Waals surface area contributed by atoms with Crippen molar-refractivity contribution in [2.24, 2.45) is 0 Å². The van der Waals surface area contributed by atoms with E-state index in [0.29, 0.717) is 6.54 Å². The first-order chi connectivity index (χ1) is 9.72. The first-order valence-corrected chi connectivity index (χ1v) is 7.18. The lowest BCUT2D eigenvalue weighted by Gasteiger charge is -2.20. The number of nitrogens with one attached hydrogen (secondary N) is 1. The van der Waals surface area contributed by atoms with E-state index in [4.69, 9.17) is 0 Å². The first kappa shape index (κ1) is 13.3. The van der Waals surface area contributed by atoms with Gasteiger partial charge < -0.3 is 15.3 Å². The van der Waals surface area contributed by atoms with Crippen molar-refractivity contribution in [2.45, 2.75) is 25.9 Å². The van der Waals surface area contributed by atoms with Crippen LogP contribution in [0.1, 0.15) is 18.5 Å². The number of aromatic nitrogens is 3. The highest BCUT2D eigenvalue weighted by Crippen LogP contribution is 2.12.